The van der Waals surface area contributed by atoms with Crippen molar-refractivity contribution in [2.24, 2.45) is 4.99 Å². The number of nitrogens with one attached hydrogen (secondary N) is 2. The number of aromatic nitrogens is 2. The van der Waals surface area contributed by atoms with Gasteiger partial charge in [0, 0.05) is 39.5 Å². The third kappa shape index (κ3) is 2.61. The van der Waals surface area contributed by atoms with Crippen molar-refractivity contribution in [1.29, 1.82) is 0 Å². The van der Waals surface area contributed by atoms with Gasteiger partial charge in [0.25, 0.3) is 0 Å². The normalized spacial score (nSPS) is 11.8. The van der Waals surface area contributed by atoms with Crippen molar-refractivity contribution in [3.63, 3.8) is 0 Å². The maximum absolute atomic E-state index is 4.62. The van der Waals surface area contributed by atoms with Crippen molar-refractivity contribution in [3.8, 4) is 0 Å². The van der Waals surface area contributed by atoms with Crippen LogP contribution in [0.15, 0.2) is 29.5 Å². The Kier molecular flexibility index (Phi) is 3.82. The average Bonchev–Trinajstić information content (AvgIpc) is 2.79. The predicted molar refractivity (Wildman–Crippen MR) is 74.1 cm³/mol. The minimum Gasteiger partial charge on any atom is -0.359 e. The molecule has 0 aliphatic rings. The lowest BCUT2D eigenvalue weighted by Crippen LogP contribution is -2.35. The molecule has 0 fully saturated rings. The minimum absolute atomic E-state index is 0.801. The second kappa shape index (κ2) is 5.53. The van der Waals surface area contributed by atoms with Crippen LogP contribution in [0.1, 0.15) is 11.3 Å². The lowest BCUT2D eigenvalue weighted by Gasteiger charge is -2.06. The highest BCUT2D eigenvalue weighted by Gasteiger charge is 2.03. The van der Waals surface area contributed by atoms with Gasteiger partial charge in [-0.3, -0.25) is 4.99 Å². The summed E-state index contributed by atoms with van der Waals surface area (Å²) in [6, 6.07) is 4.11. The number of nitrogens with zero attached hydrogens (tertiary/aromatic N) is 3. The zero-order valence-electron chi connectivity index (χ0n) is 11.1. The summed E-state index contributed by atoms with van der Waals surface area (Å²) in [5.74, 6) is 0.801. The third-order valence-electron chi connectivity index (χ3n) is 2.86. The standard InChI is InChI=1S/C13H19N5/c1-10-5-4-8-18-9-11(17-12(10)18)6-7-16-13(14-2)15-3/h4-5,8-9H,6-7H2,1-3H3,(H2,14,15,16). The topological polar surface area (TPSA) is 53.7 Å². The fourth-order valence-electron chi connectivity index (χ4n) is 1.91. The molecule has 2 heterocycles. The van der Waals surface area contributed by atoms with Crippen LogP contribution in [0.5, 0.6) is 0 Å². The van der Waals surface area contributed by atoms with Gasteiger partial charge >= 0.3 is 0 Å². The highest BCUT2D eigenvalue weighted by Crippen LogP contribution is 2.09. The molecule has 2 aromatic rings. The van der Waals surface area contributed by atoms with Gasteiger partial charge in [0.1, 0.15) is 5.65 Å². The highest BCUT2D eigenvalue weighted by atomic mass is 15.1. The van der Waals surface area contributed by atoms with Crippen LogP contribution in [-0.4, -0.2) is 36.0 Å². The molecule has 0 unspecified atom stereocenters. The molecule has 2 N–H and O–H groups in total. The Morgan fingerprint density at radius 2 is 2.33 bits per heavy atom. The average molecular weight is 245 g/mol. The van der Waals surface area contributed by atoms with Gasteiger partial charge in [-0.05, 0) is 18.6 Å². The number of imidazole rings is 1. The van der Waals surface area contributed by atoms with Crippen molar-refractivity contribution < 1.29 is 0 Å². The summed E-state index contributed by atoms with van der Waals surface area (Å²) in [6.07, 6.45) is 4.98. The number of rotatable bonds is 3. The molecule has 0 saturated carbocycles. The molecule has 0 amide bonds. The van der Waals surface area contributed by atoms with Crippen LogP contribution in [0.3, 0.4) is 0 Å². The number of hydrogen-bond donors (Lipinski definition) is 2. The number of fused-ring (bicyclic) bond motifs is 1. The Morgan fingerprint density at radius 1 is 1.50 bits per heavy atom. The summed E-state index contributed by atoms with van der Waals surface area (Å²) in [6.45, 7) is 2.89. The molecule has 0 bridgehead atoms. The molecule has 0 spiro atoms. The first-order valence-electron chi connectivity index (χ1n) is 6.06. The van der Waals surface area contributed by atoms with E-state index in [1.807, 2.05) is 19.3 Å². The van der Waals surface area contributed by atoms with Crippen LogP contribution in [0.4, 0.5) is 0 Å². The summed E-state index contributed by atoms with van der Waals surface area (Å²) in [4.78, 5) is 8.69. The minimum atomic E-state index is 0.801. The number of aliphatic imine (C=N–C) groups is 1. The Hall–Kier alpha value is -2.04. The van der Waals surface area contributed by atoms with E-state index in [1.165, 1.54) is 5.56 Å². The van der Waals surface area contributed by atoms with Crippen molar-refractivity contribution in [2.45, 2.75) is 13.3 Å². The van der Waals surface area contributed by atoms with Crippen molar-refractivity contribution in [1.82, 2.24) is 20.0 Å². The summed E-state index contributed by atoms with van der Waals surface area (Å²) in [7, 11) is 3.61. The Labute approximate surface area is 107 Å². The number of guanidine groups is 1. The van der Waals surface area contributed by atoms with Gasteiger partial charge in [0.2, 0.25) is 0 Å². The molecule has 0 aromatic carbocycles. The maximum atomic E-state index is 4.62. The fourth-order valence-corrected chi connectivity index (χ4v) is 1.91. The van der Waals surface area contributed by atoms with E-state index in [4.69, 9.17) is 0 Å². The first-order chi connectivity index (χ1) is 8.74. The summed E-state index contributed by atoms with van der Waals surface area (Å²) in [5.41, 5.74) is 3.32. The van der Waals surface area contributed by atoms with Crippen LogP contribution in [0, 0.1) is 6.92 Å². The zero-order chi connectivity index (χ0) is 13.0. The lowest BCUT2D eigenvalue weighted by molar-refractivity contribution is 0.821. The molecule has 96 valence electrons. The zero-order valence-corrected chi connectivity index (χ0v) is 11.1. The molecule has 2 aromatic heterocycles. The van der Waals surface area contributed by atoms with Gasteiger partial charge in [0.15, 0.2) is 5.96 Å². The van der Waals surface area contributed by atoms with Gasteiger partial charge in [-0.2, -0.15) is 0 Å². The van der Waals surface area contributed by atoms with E-state index < -0.39 is 0 Å². The van der Waals surface area contributed by atoms with E-state index in [0.29, 0.717) is 0 Å². The van der Waals surface area contributed by atoms with Gasteiger partial charge in [0.05, 0.1) is 5.69 Å². The second-order valence-corrected chi connectivity index (χ2v) is 4.15. The molecule has 2 rings (SSSR count). The molecule has 0 saturated heterocycles. The van der Waals surface area contributed by atoms with Crippen LogP contribution < -0.4 is 10.6 Å². The smallest absolute Gasteiger partial charge is 0.190 e. The maximum Gasteiger partial charge on any atom is 0.190 e. The first-order valence-corrected chi connectivity index (χ1v) is 6.06. The molecular weight excluding hydrogens is 226 g/mol. The largest absolute Gasteiger partial charge is 0.359 e. The number of hydrogen-bond acceptors (Lipinski definition) is 2. The van der Waals surface area contributed by atoms with Crippen LogP contribution in [0.25, 0.3) is 5.65 Å². The van der Waals surface area contributed by atoms with Gasteiger partial charge < -0.3 is 15.0 Å². The van der Waals surface area contributed by atoms with E-state index in [1.54, 1.807) is 7.05 Å². The summed E-state index contributed by atoms with van der Waals surface area (Å²) in [5, 5.41) is 6.20. The SMILES string of the molecule is CN=C(NC)NCCc1cn2cccc(C)c2n1. The quantitative estimate of drug-likeness (QED) is 0.626. The van der Waals surface area contributed by atoms with Crippen LogP contribution in [0.2, 0.25) is 0 Å². The number of pyridine rings is 1. The summed E-state index contributed by atoms with van der Waals surface area (Å²) >= 11 is 0. The Bertz CT molecular complexity index is 556. The molecular formula is C13H19N5. The van der Waals surface area contributed by atoms with Crippen molar-refractivity contribution >= 4 is 11.6 Å². The Balaban J connectivity index is 2.02. The van der Waals surface area contributed by atoms with Crippen molar-refractivity contribution in [3.05, 3.63) is 35.8 Å². The van der Waals surface area contributed by atoms with E-state index in [2.05, 4.69) is 44.2 Å². The fraction of sp³-hybridized carbons (Fsp3) is 0.385. The molecule has 5 nitrogen and oxygen atoms in total. The molecule has 18 heavy (non-hydrogen) atoms. The van der Waals surface area contributed by atoms with Crippen molar-refractivity contribution in [2.75, 3.05) is 20.6 Å². The second-order valence-electron chi connectivity index (χ2n) is 4.15. The third-order valence-corrected chi connectivity index (χ3v) is 2.86. The molecule has 0 radical (unpaired) electrons. The Morgan fingerprint density at radius 3 is 3.00 bits per heavy atom. The first kappa shape index (κ1) is 12.4. The van der Waals surface area contributed by atoms with E-state index >= 15 is 0 Å². The molecule has 0 atom stereocenters. The predicted octanol–water partition coefficient (Wildman–Crippen LogP) is 0.980. The molecule has 0 aliphatic heterocycles. The molecule has 5 heteroatoms. The molecule has 0 aliphatic carbocycles. The van der Waals surface area contributed by atoms with Crippen LogP contribution in [-0.2, 0) is 6.42 Å². The van der Waals surface area contributed by atoms with E-state index in [9.17, 15) is 0 Å². The van der Waals surface area contributed by atoms with E-state index in [0.717, 1.165) is 30.3 Å². The summed E-state index contributed by atoms with van der Waals surface area (Å²) < 4.78 is 2.07. The lowest BCUT2D eigenvalue weighted by atomic mass is 10.3. The van der Waals surface area contributed by atoms with Gasteiger partial charge in [-0.25, -0.2) is 4.98 Å². The van der Waals surface area contributed by atoms with Crippen LogP contribution >= 0.6 is 0 Å². The number of aryl methyl sites for hydroxylation is 1. The van der Waals surface area contributed by atoms with Gasteiger partial charge in [-0.15, -0.1) is 0 Å². The van der Waals surface area contributed by atoms with Gasteiger partial charge in [-0.1, -0.05) is 6.07 Å². The highest BCUT2D eigenvalue weighted by molar-refractivity contribution is 5.79. The van der Waals surface area contributed by atoms with E-state index in [-0.39, 0.29) is 0 Å². The monoisotopic (exact) mass is 245 g/mol.